The zero-order valence-electron chi connectivity index (χ0n) is 13.4. The number of benzene rings is 1. The first kappa shape index (κ1) is 18.7. The molecule has 7 heteroatoms. The number of hydrogen-bond acceptors (Lipinski definition) is 3. The van der Waals surface area contributed by atoms with Crippen LogP contribution in [0, 0.1) is 11.7 Å². The van der Waals surface area contributed by atoms with Crippen molar-refractivity contribution in [3.63, 3.8) is 0 Å². The van der Waals surface area contributed by atoms with Gasteiger partial charge in [0.05, 0.1) is 0 Å². The lowest BCUT2D eigenvalue weighted by molar-refractivity contribution is -0.126. The number of halogens is 2. The number of hydrogen-bond donors (Lipinski definition) is 2. The van der Waals surface area contributed by atoms with E-state index in [4.69, 9.17) is 4.74 Å². The van der Waals surface area contributed by atoms with Crippen LogP contribution in [-0.4, -0.2) is 31.5 Å². The number of carbonyl (C=O) groups excluding carboxylic acids is 2. The normalized spacial score (nSPS) is 14.9. The Hall–Kier alpha value is -1.63. The maximum absolute atomic E-state index is 13.5. The monoisotopic (exact) mass is 400 g/mol. The van der Waals surface area contributed by atoms with Crippen LogP contribution in [-0.2, 0) is 9.59 Å². The molecule has 1 aromatic rings. The van der Waals surface area contributed by atoms with Crippen LogP contribution >= 0.6 is 15.9 Å². The number of carbonyl (C=O) groups is 2. The Morgan fingerprint density at radius 3 is 2.58 bits per heavy atom. The molecule has 0 unspecified atom stereocenters. The summed E-state index contributed by atoms with van der Waals surface area (Å²) in [5, 5.41) is 5.47. The molecule has 1 aliphatic carbocycles. The van der Waals surface area contributed by atoms with Crippen molar-refractivity contribution in [3.05, 3.63) is 28.5 Å². The molecule has 0 spiro atoms. The fourth-order valence-corrected chi connectivity index (χ4v) is 3.02. The molecule has 1 aliphatic rings. The highest BCUT2D eigenvalue weighted by molar-refractivity contribution is 9.10. The van der Waals surface area contributed by atoms with Gasteiger partial charge in [0.1, 0.15) is 0 Å². The van der Waals surface area contributed by atoms with Gasteiger partial charge < -0.3 is 15.4 Å². The first-order chi connectivity index (χ1) is 11.6. The van der Waals surface area contributed by atoms with Gasteiger partial charge in [-0.05, 0) is 31.0 Å². The van der Waals surface area contributed by atoms with Gasteiger partial charge in [0, 0.05) is 23.5 Å². The molecule has 132 valence electrons. The first-order valence-corrected chi connectivity index (χ1v) is 8.98. The van der Waals surface area contributed by atoms with Gasteiger partial charge in [-0.25, -0.2) is 4.39 Å². The zero-order valence-corrected chi connectivity index (χ0v) is 15.0. The average Bonchev–Trinajstić information content (AvgIpc) is 2.58. The summed E-state index contributed by atoms with van der Waals surface area (Å²) in [6, 6.07) is 4.36. The lowest BCUT2D eigenvalue weighted by atomic mass is 9.89. The van der Waals surface area contributed by atoms with Gasteiger partial charge in [0.2, 0.25) is 5.91 Å². The Kier molecular flexibility index (Phi) is 7.49. The van der Waals surface area contributed by atoms with E-state index >= 15 is 0 Å². The number of nitrogens with one attached hydrogen (secondary N) is 2. The fourth-order valence-electron chi connectivity index (χ4n) is 2.68. The van der Waals surface area contributed by atoms with Crippen LogP contribution in [0.3, 0.4) is 0 Å². The highest BCUT2D eigenvalue weighted by atomic mass is 79.9. The Labute approximate surface area is 149 Å². The molecule has 1 saturated carbocycles. The van der Waals surface area contributed by atoms with Crippen molar-refractivity contribution < 1.29 is 18.7 Å². The SMILES string of the molecule is O=C(COc1ccc(Br)cc1F)NCCNC(=O)C1CCCCC1. The third kappa shape index (κ3) is 6.11. The lowest BCUT2D eigenvalue weighted by Gasteiger charge is -2.20. The predicted octanol–water partition coefficient (Wildman–Crippen LogP) is 2.78. The van der Waals surface area contributed by atoms with Gasteiger partial charge in [0.15, 0.2) is 18.2 Å². The highest BCUT2D eigenvalue weighted by Gasteiger charge is 2.20. The molecule has 1 aromatic carbocycles. The third-order valence-corrected chi connectivity index (χ3v) is 4.47. The van der Waals surface area contributed by atoms with Crippen LogP contribution in [0.25, 0.3) is 0 Å². The van der Waals surface area contributed by atoms with E-state index in [0.29, 0.717) is 17.6 Å². The van der Waals surface area contributed by atoms with Crippen LogP contribution in [0.2, 0.25) is 0 Å². The first-order valence-electron chi connectivity index (χ1n) is 8.18. The van der Waals surface area contributed by atoms with E-state index in [1.54, 1.807) is 6.07 Å². The van der Waals surface area contributed by atoms with E-state index in [0.717, 1.165) is 25.7 Å². The maximum atomic E-state index is 13.5. The van der Waals surface area contributed by atoms with E-state index in [9.17, 15) is 14.0 Å². The van der Waals surface area contributed by atoms with Crippen molar-refractivity contribution in [1.82, 2.24) is 10.6 Å². The van der Waals surface area contributed by atoms with Crippen LogP contribution < -0.4 is 15.4 Å². The van der Waals surface area contributed by atoms with Gasteiger partial charge in [0.25, 0.3) is 5.91 Å². The Balaban J connectivity index is 1.60. The molecule has 0 aliphatic heterocycles. The second-order valence-corrected chi connectivity index (χ2v) is 6.76. The number of amides is 2. The van der Waals surface area contributed by atoms with E-state index in [-0.39, 0.29) is 30.1 Å². The van der Waals surface area contributed by atoms with Crippen molar-refractivity contribution in [2.45, 2.75) is 32.1 Å². The van der Waals surface area contributed by atoms with Crippen LogP contribution in [0.5, 0.6) is 5.75 Å². The van der Waals surface area contributed by atoms with E-state index in [1.807, 2.05) is 0 Å². The van der Waals surface area contributed by atoms with Crippen molar-refractivity contribution in [1.29, 1.82) is 0 Å². The van der Waals surface area contributed by atoms with Crippen LogP contribution in [0.1, 0.15) is 32.1 Å². The minimum atomic E-state index is -0.531. The van der Waals surface area contributed by atoms with Gasteiger partial charge in [-0.2, -0.15) is 0 Å². The molecule has 0 atom stereocenters. The quantitative estimate of drug-likeness (QED) is 0.691. The van der Waals surface area contributed by atoms with Crippen molar-refractivity contribution >= 4 is 27.7 Å². The van der Waals surface area contributed by atoms with Crippen molar-refractivity contribution in [2.75, 3.05) is 19.7 Å². The average molecular weight is 401 g/mol. The smallest absolute Gasteiger partial charge is 0.258 e. The third-order valence-electron chi connectivity index (χ3n) is 3.98. The lowest BCUT2D eigenvalue weighted by Crippen LogP contribution is -2.39. The standard InChI is InChI=1S/C17H22BrFN2O3/c18-13-6-7-15(14(19)10-13)24-11-16(22)20-8-9-21-17(23)12-4-2-1-3-5-12/h6-7,10,12H,1-5,8-9,11H2,(H,20,22)(H,21,23). The minimum absolute atomic E-state index is 0.0268. The molecule has 0 radical (unpaired) electrons. The molecule has 2 N–H and O–H groups in total. The van der Waals surface area contributed by atoms with E-state index < -0.39 is 5.82 Å². The summed E-state index contributed by atoms with van der Waals surface area (Å²) in [6.45, 7) is 0.437. The topological polar surface area (TPSA) is 67.4 Å². The second-order valence-electron chi connectivity index (χ2n) is 5.84. The van der Waals surface area contributed by atoms with Gasteiger partial charge >= 0.3 is 0 Å². The summed E-state index contributed by atoms with van der Waals surface area (Å²) in [7, 11) is 0. The van der Waals surface area contributed by atoms with Crippen molar-refractivity contribution in [3.8, 4) is 5.75 Å². The predicted molar refractivity (Wildman–Crippen MR) is 92.2 cm³/mol. The molecule has 1 fully saturated rings. The molecular weight excluding hydrogens is 379 g/mol. The summed E-state index contributed by atoms with van der Waals surface area (Å²) in [5.74, 6) is -0.685. The molecule has 2 amide bonds. The molecular formula is C17H22BrFN2O3. The molecule has 0 bridgehead atoms. The van der Waals surface area contributed by atoms with Crippen molar-refractivity contribution in [2.24, 2.45) is 5.92 Å². The molecule has 24 heavy (non-hydrogen) atoms. The molecule has 0 heterocycles. The number of rotatable bonds is 7. The Bertz CT molecular complexity index is 577. The highest BCUT2D eigenvalue weighted by Crippen LogP contribution is 2.23. The summed E-state index contributed by atoms with van der Waals surface area (Å²) >= 11 is 3.15. The zero-order chi connectivity index (χ0) is 17.4. The summed E-state index contributed by atoms with van der Waals surface area (Å²) in [6.07, 6.45) is 5.33. The summed E-state index contributed by atoms with van der Waals surface area (Å²) in [5.41, 5.74) is 0. The molecule has 0 saturated heterocycles. The second kappa shape index (κ2) is 9.61. The van der Waals surface area contributed by atoms with Crippen LogP contribution in [0.15, 0.2) is 22.7 Å². The molecule has 0 aromatic heterocycles. The van der Waals surface area contributed by atoms with Gasteiger partial charge in [-0.15, -0.1) is 0 Å². The van der Waals surface area contributed by atoms with Crippen LogP contribution in [0.4, 0.5) is 4.39 Å². The Morgan fingerprint density at radius 1 is 1.17 bits per heavy atom. The fraction of sp³-hybridized carbons (Fsp3) is 0.529. The number of ether oxygens (including phenoxy) is 1. The minimum Gasteiger partial charge on any atom is -0.481 e. The molecule has 5 nitrogen and oxygen atoms in total. The summed E-state index contributed by atoms with van der Waals surface area (Å²) in [4.78, 5) is 23.6. The van der Waals surface area contributed by atoms with Gasteiger partial charge in [-0.3, -0.25) is 9.59 Å². The van der Waals surface area contributed by atoms with Gasteiger partial charge in [-0.1, -0.05) is 35.2 Å². The molecule has 2 rings (SSSR count). The Morgan fingerprint density at radius 2 is 1.88 bits per heavy atom. The summed E-state index contributed by atoms with van der Waals surface area (Å²) < 4.78 is 19.3. The van der Waals surface area contributed by atoms with E-state index in [1.165, 1.54) is 18.6 Å². The van der Waals surface area contributed by atoms with E-state index in [2.05, 4.69) is 26.6 Å². The maximum Gasteiger partial charge on any atom is 0.258 e. The largest absolute Gasteiger partial charge is 0.481 e.